The van der Waals surface area contributed by atoms with Crippen LogP contribution in [0.1, 0.15) is 12.5 Å². The van der Waals surface area contributed by atoms with E-state index in [0.29, 0.717) is 5.75 Å². The summed E-state index contributed by atoms with van der Waals surface area (Å²) in [6.45, 7) is 1.76. The van der Waals surface area contributed by atoms with Gasteiger partial charge >= 0.3 is 0 Å². The molecule has 0 fully saturated rings. The molecule has 1 atom stereocenters. The Morgan fingerprint density at radius 3 is 2.33 bits per heavy atom. The number of hydrogen-bond acceptors (Lipinski definition) is 3. The number of anilines is 1. The summed E-state index contributed by atoms with van der Waals surface area (Å²) in [6, 6.07) is 32.2. The molecule has 4 aromatic rings. The molecule has 0 heterocycles. The SMILES string of the molecule is C[C@H](Oc1ccc2ccccc2c1)C(=O)Nc1ccc(CSc2ccccc2)cc1. The average Bonchev–Trinajstić information content (AvgIpc) is 2.79. The van der Waals surface area contributed by atoms with Gasteiger partial charge in [-0.15, -0.1) is 11.8 Å². The lowest BCUT2D eigenvalue weighted by Gasteiger charge is -2.15. The molecule has 0 bridgehead atoms. The van der Waals surface area contributed by atoms with E-state index in [1.165, 1.54) is 10.5 Å². The summed E-state index contributed by atoms with van der Waals surface area (Å²) in [5.41, 5.74) is 1.98. The number of hydrogen-bond donors (Lipinski definition) is 1. The van der Waals surface area contributed by atoms with Gasteiger partial charge in [0.25, 0.3) is 5.91 Å². The summed E-state index contributed by atoms with van der Waals surface area (Å²) >= 11 is 1.79. The third-order valence-electron chi connectivity index (χ3n) is 4.77. The van der Waals surface area contributed by atoms with Gasteiger partial charge in [0.2, 0.25) is 0 Å². The highest BCUT2D eigenvalue weighted by atomic mass is 32.2. The van der Waals surface area contributed by atoms with Crippen molar-refractivity contribution in [3.63, 3.8) is 0 Å². The first kappa shape index (κ1) is 20.0. The second kappa shape index (κ2) is 9.51. The van der Waals surface area contributed by atoms with Crippen molar-refractivity contribution >= 4 is 34.1 Å². The number of ether oxygens (including phenoxy) is 1. The van der Waals surface area contributed by atoms with E-state index in [1.807, 2.05) is 78.9 Å². The molecule has 0 aliphatic heterocycles. The summed E-state index contributed by atoms with van der Waals surface area (Å²) in [5, 5.41) is 5.16. The lowest BCUT2D eigenvalue weighted by atomic mass is 10.1. The number of rotatable bonds is 7. The Balaban J connectivity index is 1.32. The zero-order valence-corrected chi connectivity index (χ0v) is 17.6. The maximum atomic E-state index is 12.5. The summed E-state index contributed by atoms with van der Waals surface area (Å²) < 4.78 is 5.85. The molecule has 4 aromatic carbocycles. The van der Waals surface area contributed by atoms with Gasteiger partial charge in [0.1, 0.15) is 5.75 Å². The van der Waals surface area contributed by atoms with E-state index in [1.54, 1.807) is 18.7 Å². The standard InChI is InChI=1S/C26H23NO2S/c1-19(29-24-16-13-21-7-5-6-8-22(21)17-24)26(28)27-23-14-11-20(12-15-23)18-30-25-9-3-2-4-10-25/h2-17,19H,18H2,1H3,(H,27,28)/t19-/m0/s1. The summed E-state index contributed by atoms with van der Waals surface area (Å²) in [6.07, 6.45) is -0.598. The zero-order chi connectivity index (χ0) is 20.8. The van der Waals surface area contributed by atoms with Crippen LogP contribution in [-0.4, -0.2) is 12.0 Å². The van der Waals surface area contributed by atoms with E-state index in [9.17, 15) is 4.79 Å². The first-order chi connectivity index (χ1) is 14.7. The molecule has 0 aliphatic carbocycles. The topological polar surface area (TPSA) is 38.3 Å². The van der Waals surface area contributed by atoms with Gasteiger partial charge in [0.05, 0.1) is 0 Å². The predicted molar refractivity (Wildman–Crippen MR) is 125 cm³/mol. The lowest BCUT2D eigenvalue weighted by molar-refractivity contribution is -0.122. The third-order valence-corrected chi connectivity index (χ3v) is 5.86. The molecule has 150 valence electrons. The number of benzene rings is 4. The van der Waals surface area contributed by atoms with Gasteiger partial charge in [-0.2, -0.15) is 0 Å². The van der Waals surface area contributed by atoms with Crippen LogP contribution in [-0.2, 0) is 10.5 Å². The lowest BCUT2D eigenvalue weighted by Crippen LogP contribution is -2.30. The zero-order valence-electron chi connectivity index (χ0n) is 16.7. The van der Waals surface area contributed by atoms with Crippen molar-refractivity contribution in [1.29, 1.82) is 0 Å². The molecule has 1 N–H and O–H groups in total. The van der Waals surface area contributed by atoms with Gasteiger partial charge in [0.15, 0.2) is 6.10 Å². The highest BCUT2D eigenvalue weighted by Crippen LogP contribution is 2.24. The Kier molecular flexibility index (Phi) is 6.35. The molecule has 0 unspecified atom stereocenters. The van der Waals surface area contributed by atoms with Crippen molar-refractivity contribution in [3.8, 4) is 5.75 Å². The Hall–Kier alpha value is -3.24. The van der Waals surface area contributed by atoms with E-state index in [2.05, 4.69) is 23.5 Å². The highest BCUT2D eigenvalue weighted by molar-refractivity contribution is 7.98. The fraction of sp³-hybridized carbons (Fsp3) is 0.115. The molecule has 0 saturated carbocycles. The summed E-state index contributed by atoms with van der Waals surface area (Å²) in [7, 11) is 0. The van der Waals surface area contributed by atoms with E-state index < -0.39 is 6.10 Å². The smallest absolute Gasteiger partial charge is 0.265 e. The van der Waals surface area contributed by atoms with E-state index in [0.717, 1.165) is 22.2 Å². The molecular formula is C26H23NO2S. The van der Waals surface area contributed by atoms with Crippen LogP contribution in [0.15, 0.2) is 102 Å². The molecule has 3 nitrogen and oxygen atoms in total. The molecule has 0 radical (unpaired) electrons. The number of thioether (sulfide) groups is 1. The van der Waals surface area contributed by atoms with Crippen molar-refractivity contribution in [1.82, 2.24) is 0 Å². The maximum Gasteiger partial charge on any atom is 0.265 e. The van der Waals surface area contributed by atoms with Gasteiger partial charge in [-0.25, -0.2) is 0 Å². The predicted octanol–water partition coefficient (Wildman–Crippen LogP) is 6.54. The molecule has 1 amide bonds. The van der Waals surface area contributed by atoms with Gasteiger partial charge in [-0.05, 0) is 59.7 Å². The van der Waals surface area contributed by atoms with Crippen LogP contribution in [0, 0.1) is 0 Å². The first-order valence-electron chi connectivity index (χ1n) is 9.90. The Morgan fingerprint density at radius 1 is 0.867 bits per heavy atom. The van der Waals surface area contributed by atoms with E-state index in [4.69, 9.17) is 4.74 Å². The molecular weight excluding hydrogens is 390 g/mol. The number of amides is 1. The second-order valence-electron chi connectivity index (χ2n) is 7.06. The van der Waals surface area contributed by atoms with E-state index in [-0.39, 0.29) is 5.91 Å². The van der Waals surface area contributed by atoms with Crippen molar-refractivity contribution in [2.24, 2.45) is 0 Å². The molecule has 0 spiro atoms. The number of fused-ring (bicyclic) bond motifs is 1. The second-order valence-corrected chi connectivity index (χ2v) is 8.11. The Morgan fingerprint density at radius 2 is 1.57 bits per heavy atom. The minimum absolute atomic E-state index is 0.172. The minimum Gasteiger partial charge on any atom is -0.481 e. The van der Waals surface area contributed by atoms with Gasteiger partial charge in [0, 0.05) is 16.3 Å². The molecule has 30 heavy (non-hydrogen) atoms. The van der Waals surface area contributed by atoms with Gasteiger partial charge in [-0.3, -0.25) is 4.79 Å². The number of nitrogens with one attached hydrogen (secondary N) is 1. The van der Waals surface area contributed by atoms with Crippen LogP contribution in [0.25, 0.3) is 10.8 Å². The van der Waals surface area contributed by atoms with Crippen LogP contribution >= 0.6 is 11.8 Å². The molecule has 4 rings (SSSR count). The number of carbonyl (C=O) groups excluding carboxylic acids is 1. The first-order valence-corrected chi connectivity index (χ1v) is 10.9. The van der Waals surface area contributed by atoms with Gasteiger partial charge in [-0.1, -0.05) is 60.7 Å². The summed E-state index contributed by atoms with van der Waals surface area (Å²) in [4.78, 5) is 13.8. The van der Waals surface area contributed by atoms with Crippen molar-refractivity contribution in [3.05, 3.63) is 103 Å². The minimum atomic E-state index is -0.598. The van der Waals surface area contributed by atoms with Crippen molar-refractivity contribution in [2.75, 3.05) is 5.32 Å². The van der Waals surface area contributed by atoms with Crippen LogP contribution < -0.4 is 10.1 Å². The summed E-state index contributed by atoms with van der Waals surface area (Å²) in [5.74, 6) is 1.40. The fourth-order valence-corrected chi connectivity index (χ4v) is 3.99. The van der Waals surface area contributed by atoms with Gasteiger partial charge < -0.3 is 10.1 Å². The van der Waals surface area contributed by atoms with Crippen molar-refractivity contribution < 1.29 is 9.53 Å². The quantitative estimate of drug-likeness (QED) is 0.350. The molecule has 0 aliphatic rings. The van der Waals surface area contributed by atoms with Crippen LogP contribution in [0.5, 0.6) is 5.75 Å². The van der Waals surface area contributed by atoms with Crippen molar-refractivity contribution in [2.45, 2.75) is 23.7 Å². The largest absolute Gasteiger partial charge is 0.481 e. The Labute approximate surface area is 181 Å². The monoisotopic (exact) mass is 413 g/mol. The maximum absolute atomic E-state index is 12.5. The van der Waals surface area contributed by atoms with Crippen LogP contribution in [0.4, 0.5) is 5.69 Å². The normalized spacial score (nSPS) is 11.8. The number of carbonyl (C=O) groups is 1. The molecule has 0 saturated heterocycles. The highest BCUT2D eigenvalue weighted by Gasteiger charge is 2.15. The molecule has 0 aromatic heterocycles. The third kappa shape index (κ3) is 5.22. The Bertz CT molecular complexity index is 1130. The van der Waals surface area contributed by atoms with Crippen LogP contribution in [0.3, 0.4) is 0 Å². The van der Waals surface area contributed by atoms with Crippen LogP contribution in [0.2, 0.25) is 0 Å². The van der Waals surface area contributed by atoms with E-state index >= 15 is 0 Å². The molecule has 4 heteroatoms. The fourth-order valence-electron chi connectivity index (χ4n) is 3.11. The average molecular weight is 414 g/mol.